The van der Waals surface area contributed by atoms with E-state index in [1.165, 1.54) is 29.2 Å². The first-order chi connectivity index (χ1) is 17.6. The Morgan fingerprint density at radius 2 is 1.78 bits per heavy atom. The predicted octanol–water partition coefficient (Wildman–Crippen LogP) is 4.83. The van der Waals surface area contributed by atoms with Gasteiger partial charge in [0.2, 0.25) is 5.92 Å². The van der Waals surface area contributed by atoms with Crippen molar-refractivity contribution in [2.75, 3.05) is 44.8 Å². The van der Waals surface area contributed by atoms with Gasteiger partial charge in [-0.1, -0.05) is 18.2 Å². The van der Waals surface area contributed by atoms with E-state index in [4.69, 9.17) is 14.2 Å². The number of anilines is 1. The number of amides is 2. The van der Waals surface area contributed by atoms with E-state index < -0.39 is 36.3 Å². The molecule has 0 aliphatic carbocycles. The summed E-state index contributed by atoms with van der Waals surface area (Å²) in [5.74, 6) is -3.86. The van der Waals surface area contributed by atoms with E-state index in [2.05, 4.69) is 5.32 Å². The van der Waals surface area contributed by atoms with E-state index in [0.29, 0.717) is 5.75 Å². The van der Waals surface area contributed by atoms with E-state index in [0.717, 1.165) is 12.5 Å². The molecular weight excluding hydrogens is 493 g/mol. The summed E-state index contributed by atoms with van der Waals surface area (Å²) in [7, 11) is 0. The molecule has 2 amide bonds. The largest absolute Gasteiger partial charge is 0.492 e. The Labute approximate surface area is 214 Å². The molecule has 2 rings (SSSR count). The lowest BCUT2D eigenvalue weighted by molar-refractivity contribution is -0.149. The Morgan fingerprint density at radius 3 is 2.41 bits per heavy atom. The SMILES string of the molecule is CCOC(Cc1ccc(OCCN(CCOCCC(C)(F)F)C(=O)Nc2cccc(F)c2)cc1)C(=O)O. The van der Waals surface area contributed by atoms with Crippen LogP contribution in [-0.4, -0.2) is 73.6 Å². The van der Waals surface area contributed by atoms with Crippen molar-refractivity contribution in [2.24, 2.45) is 0 Å². The molecule has 0 fully saturated rings. The lowest BCUT2D eigenvalue weighted by Crippen LogP contribution is -2.40. The van der Waals surface area contributed by atoms with Crippen LogP contribution in [0.2, 0.25) is 0 Å². The van der Waals surface area contributed by atoms with Crippen LogP contribution in [0.5, 0.6) is 5.75 Å². The maximum atomic E-state index is 13.5. The summed E-state index contributed by atoms with van der Waals surface area (Å²) in [4.78, 5) is 25.4. The van der Waals surface area contributed by atoms with Crippen LogP contribution in [0.15, 0.2) is 48.5 Å². The number of carbonyl (C=O) groups is 2. The summed E-state index contributed by atoms with van der Waals surface area (Å²) in [6.45, 7) is 3.06. The highest BCUT2D eigenvalue weighted by molar-refractivity contribution is 5.89. The molecule has 204 valence electrons. The van der Waals surface area contributed by atoms with Crippen LogP contribution in [0.1, 0.15) is 25.8 Å². The molecule has 0 heterocycles. The Hall–Kier alpha value is -3.31. The van der Waals surface area contributed by atoms with Crippen LogP contribution in [0, 0.1) is 5.82 Å². The minimum atomic E-state index is -2.84. The number of nitrogens with one attached hydrogen (secondary N) is 1. The van der Waals surface area contributed by atoms with Crippen molar-refractivity contribution < 1.29 is 42.1 Å². The number of hydrogen-bond acceptors (Lipinski definition) is 5. The first-order valence-electron chi connectivity index (χ1n) is 11.9. The smallest absolute Gasteiger partial charge is 0.333 e. The van der Waals surface area contributed by atoms with Gasteiger partial charge in [0.05, 0.1) is 19.8 Å². The highest BCUT2D eigenvalue weighted by atomic mass is 19.3. The highest BCUT2D eigenvalue weighted by Gasteiger charge is 2.21. The number of alkyl halides is 2. The van der Waals surface area contributed by atoms with Gasteiger partial charge in [0.1, 0.15) is 18.2 Å². The zero-order valence-electron chi connectivity index (χ0n) is 20.9. The third kappa shape index (κ3) is 12.0. The van der Waals surface area contributed by atoms with Crippen molar-refractivity contribution in [1.29, 1.82) is 0 Å². The number of carboxylic acids is 1. The van der Waals surface area contributed by atoms with Gasteiger partial charge in [-0.15, -0.1) is 0 Å². The molecule has 0 radical (unpaired) electrons. The number of halogens is 3. The molecule has 2 aromatic carbocycles. The second-order valence-corrected chi connectivity index (χ2v) is 8.34. The van der Waals surface area contributed by atoms with Crippen LogP contribution < -0.4 is 10.1 Å². The molecule has 2 aromatic rings. The van der Waals surface area contributed by atoms with Crippen molar-refractivity contribution in [3.05, 3.63) is 59.9 Å². The molecule has 37 heavy (non-hydrogen) atoms. The lowest BCUT2D eigenvalue weighted by Gasteiger charge is -2.23. The van der Waals surface area contributed by atoms with Gasteiger partial charge in [0.25, 0.3) is 0 Å². The fourth-order valence-corrected chi connectivity index (χ4v) is 3.24. The molecule has 11 heteroatoms. The van der Waals surface area contributed by atoms with Gasteiger partial charge in [-0.05, 0) is 49.7 Å². The second-order valence-electron chi connectivity index (χ2n) is 8.34. The zero-order chi connectivity index (χ0) is 27.3. The van der Waals surface area contributed by atoms with Crippen molar-refractivity contribution in [3.63, 3.8) is 0 Å². The average Bonchev–Trinajstić information content (AvgIpc) is 2.82. The van der Waals surface area contributed by atoms with Gasteiger partial charge < -0.3 is 29.5 Å². The summed E-state index contributed by atoms with van der Waals surface area (Å²) in [6, 6.07) is 11.7. The topological polar surface area (TPSA) is 97.3 Å². The number of rotatable bonds is 16. The van der Waals surface area contributed by atoms with E-state index in [1.54, 1.807) is 31.2 Å². The molecule has 8 nitrogen and oxygen atoms in total. The Bertz CT molecular complexity index is 985. The molecule has 0 saturated carbocycles. The standard InChI is InChI=1S/C26H33F3N2O6/c1-3-36-23(24(32)33)17-19-7-9-22(10-8-19)37-16-13-31(12-15-35-14-11-26(2,28)29)25(34)30-21-6-4-5-20(27)18-21/h4-10,18,23H,3,11-17H2,1-2H3,(H,30,34)(H,32,33). The van der Waals surface area contributed by atoms with E-state index in [9.17, 15) is 27.9 Å². The second kappa shape index (κ2) is 15.1. The van der Waals surface area contributed by atoms with Crippen molar-refractivity contribution >= 4 is 17.7 Å². The van der Waals surface area contributed by atoms with Crippen molar-refractivity contribution in [3.8, 4) is 5.75 Å². The van der Waals surface area contributed by atoms with Crippen LogP contribution in [0.3, 0.4) is 0 Å². The summed E-state index contributed by atoms with van der Waals surface area (Å²) < 4.78 is 55.6. The number of urea groups is 1. The summed E-state index contributed by atoms with van der Waals surface area (Å²) in [5, 5.41) is 11.8. The average molecular weight is 527 g/mol. The first kappa shape index (κ1) is 29.9. The Morgan fingerprint density at radius 1 is 1.08 bits per heavy atom. The minimum Gasteiger partial charge on any atom is -0.492 e. The third-order valence-electron chi connectivity index (χ3n) is 5.17. The van der Waals surface area contributed by atoms with Crippen LogP contribution in [0.4, 0.5) is 23.7 Å². The molecule has 0 saturated heterocycles. The quantitative estimate of drug-likeness (QED) is 0.304. The Balaban J connectivity index is 1.91. The van der Waals surface area contributed by atoms with Gasteiger partial charge >= 0.3 is 12.0 Å². The molecule has 0 spiro atoms. The number of benzene rings is 2. The molecular formula is C26H33F3N2O6. The Kier molecular flexibility index (Phi) is 12.2. The highest BCUT2D eigenvalue weighted by Crippen LogP contribution is 2.17. The number of ether oxygens (including phenoxy) is 3. The van der Waals surface area contributed by atoms with E-state index in [1.807, 2.05) is 0 Å². The van der Waals surface area contributed by atoms with Crippen LogP contribution >= 0.6 is 0 Å². The number of aliphatic carboxylic acids is 1. The minimum absolute atomic E-state index is 0.0337. The van der Waals surface area contributed by atoms with E-state index >= 15 is 0 Å². The van der Waals surface area contributed by atoms with Gasteiger partial charge in [-0.3, -0.25) is 0 Å². The third-order valence-corrected chi connectivity index (χ3v) is 5.17. The molecule has 0 aliphatic heterocycles. The number of nitrogens with zero attached hydrogens (tertiary/aromatic N) is 1. The number of hydrogen-bond donors (Lipinski definition) is 2. The molecule has 1 unspecified atom stereocenters. The maximum Gasteiger partial charge on any atom is 0.333 e. The van der Waals surface area contributed by atoms with E-state index in [-0.39, 0.29) is 51.6 Å². The normalized spacial score (nSPS) is 12.1. The van der Waals surface area contributed by atoms with Crippen molar-refractivity contribution in [1.82, 2.24) is 4.90 Å². The molecule has 1 atom stereocenters. The molecule has 0 aliphatic rings. The number of carbonyl (C=O) groups excluding carboxylic acids is 1. The van der Waals surface area contributed by atoms with Crippen LogP contribution in [0.25, 0.3) is 0 Å². The molecule has 0 aromatic heterocycles. The lowest BCUT2D eigenvalue weighted by atomic mass is 10.1. The zero-order valence-corrected chi connectivity index (χ0v) is 20.9. The fraction of sp³-hybridized carbons (Fsp3) is 0.462. The molecule has 0 bridgehead atoms. The van der Waals surface area contributed by atoms with Gasteiger partial charge in [0, 0.05) is 31.7 Å². The van der Waals surface area contributed by atoms with Crippen LogP contribution in [-0.2, 0) is 20.7 Å². The van der Waals surface area contributed by atoms with Gasteiger partial charge in [-0.2, -0.15) is 0 Å². The predicted molar refractivity (Wildman–Crippen MR) is 132 cm³/mol. The monoisotopic (exact) mass is 526 g/mol. The fourth-order valence-electron chi connectivity index (χ4n) is 3.24. The maximum absolute atomic E-state index is 13.5. The summed E-state index contributed by atoms with van der Waals surface area (Å²) >= 11 is 0. The first-order valence-corrected chi connectivity index (χ1v) is 11.9. The van der Waals surface area contributed by atoms with Gasteiger partial charge in [0.15, 0.2) is 6.10 Å². The van der Waals surface area contributed by atoms with Crippen molar-refractivity contribution in [2.45, 2.75) is 38.7 Å². The number of carboxylic acid groups (broad SMARTS) is 1. The van der Waals surface area contributed by atoms with Gasteiger partial charge in [-0.25, -0.2) is 22.8 Å². The summed E-state index contributed by atoms with van der Waals surface area (Å²) in [6.07, 6.45) is -1.16. The summed E-state index contributed by atoms with van der Waals surface area (Å²) in [5.41, 5.74) is 1.03. The molecule has 2 N–H and O–H groups in total.